The van der Waals surface area contributed by atoms with E-state index >= 15 is 0 Å². The fourth-order valence-electron chi connectivity index (χ4n) is 0.953. The molecule has 100 valence electrons. The molecular formula is C10H8Cl4FeP2-6. The van der Waals surface area contributed by atoms with Gasteiger partial charge in [0.2, 0.25) is 0 Å². The van der Waals surface area contributed by atoms with Crippen molar-refractivity contribution in [3.05, 3.63) is 48.5 Å². The molecule has 0 aliphatic rings. The van der Waals surface area contributed by atoms with E-state index in [-0.39, 0.29) is 17.1 Å². The Labute approximate surface area is 133 Å². The van der Waals surface area contributed by atoms with Gasteiger partial charge in [-0.1, -0.05) is 22.5 Å². The summed E-state index contributed by atoms with van der Waals surface area (Å²) < 4.78 is 0. The largest absolute Gasteiger partial charge is 0.747 e. The summed E-state index contributed by atoms with van der Waals surface area (Å²) in [6, 6.07) is 15.4. The molecule has 0 amide bonds. The molecule has 2 aromatic carbocycles. The van der Waals surface area contributed by atoms with E-state index in [1.165, 1.54) is 0 Å². The molecule has 0 spiro atoms. The van der Waals surface area contributed by atoms with E-state index in [1.54, 1.807) is 0 Å². The van der Waals surface area contributed by atoms with Gasteiger partial charge in [-0.25, -0.2) is 12.1 Å². The van der Waals surface area contributed by atoms with Crippen molar-refractivity contribution < 1.29 is 17.1 Å². The summed E-state index contributed by atoms with van der Waals surface area (Å²) in [5.74, 6) is 0. The second-order valence-electron chi connectivity index (χ2n) is 2.75. The van der Waals surface area contributed by atoms with Crippen LogP contribution >= 0.6 is 58.2 Å². The van der Waals surface area contributed by atoms with Crippen LogP contribution in [0.25, 0.3) is 0 Å². The zero-order valence-electron chi connectivity index (χ0n) is 8.38. The molecule has 0 aliphatic heterocycles. The summed E-state index contributed by atoms with van der Waals surface area (Å²) in [7, 11) is 0. The van der Waals surface area contributed by atoms with Crippen LogP contribution in [0.1, 0.15) is 0 Å². The quantitative estimate of drug-likeness (QED) is 0.355. The Bertz CT molecular complexity index is 335. The van der Waals surface area contributed by atoms with E-state index in [9.17, 15) is 0 Å². The molecule has 0 unspecified atom stereocenters. The Morgan fingerprint density at radius 3 is 1.53 bits per heavy atom. The normalized spacial score (nSPS) is 9.76. The fourth-order valence-corrected chi connectivity index (χ4v) is 3.10. The van der Waals surface area contributed by atoms with Crippen LogP contribution in [0.4, 0.5) is 0 Å². The van der Waals surface area contributed by atoms with E-state index < -0.39 is 13.3 Å². The van der Waals surface area contributed by atoms with Crippen LogP contribution in [-0.4, -0.2) is 0 Å². The molecular weight excluding hydrogens is 380 g/mol. The zero-order valence-corrected chi connectivity index (χ0v) is 14.3. The van der Waals surface area contributed by atoms with Crippen molar-refractivity contribution in [1.82, 2.24) is 0 Å². The van der Waals surface area contributed by atoms with E-state index in [4.69, 9.17) is 45.0 Å². The first-order chi connectivity index (χ1) is 7.61. The van der Waals surface area contributed by atoms with Crippen LogP contribution in [0.2, 0.25) is 0 Å². The Hall–Kier alpha value is 1.24. The van der Waals surface area contributed by atoms with Crippen LogP contribution in [-0.2, 0) is 17.1 Å². The average molecular weight is 388 g/mol. The first-order valence-corrected chi connectivity index (χ1v) is 10.6. The van der Waals surface area contributed by atoms with Gasteiger partial charge >= 0.3 is 0 Å². The smallest absolute Gasteiger partial charge is 0.0589 e. The maximum atomic E-state index is 5.57. The third-order valence-electron chi connectivity index (χ3n) is 1.68. The second-order valence-corrected chi connectivity index (χ2v) is 9.81. The first-order valence-electron chi connectivity index (χ1n) is 4.28. The van der Waals surface area contributed by atoms with E-state index in [1.807, 2.05) is 48.5 Å². The van der Waals surface area contributed by atoms with E-state index in [0.29, 0.717) is 0 Å². The van der Waals surface area contributed by atoms with Crippen LogP contribution in [0.5, 0.6) is 0 Å². The molecule has 0 radical (unpaired) electrons. The number of rotatable bonds is 2. The van der Waals surface area contributed by atoms with Gasteiger partial charge in [-0.15, -0.1) is 34.4 Å². The summed E-state index contributed by atoms with van der Waals surface area (Å²) in [6.07, 6.45) is 0. The molecule has 7 heteroatoms. The molecule has 2 aromatic rings. The minimum atomic E-state index is -0.914. The fraction of sp³-hybridized carbons (Fsp3) is 0. The Balaban J connectivity index is 0.000000284. The molecule has 17 heavy (non-hydrogen) atoms. The van der Waals surface area contributed by atoms with Crippen LogP contribution in [0.15, 0.2) is 48.5 Å². The van der Waals surface area contributed by atoms with E-state index in [0.717, 1.165) is 10.6 Å². The van der Waals surface area contributed by atoms with Gasteiger partial charge < -0.3 is 29.6 Å². The second kappa shape index (κ2) is 10.1. The van der Waals surface area contributed by atoms with Gasteiger partial charge in [-0.2, -0.15) is 12.1 Å². The molecule has 0 fully saturated rings. The van der Waals surface area contributed by atoms with Crippen molar-refractivity contribution in [2.24, 2.45) is 0 Å². The number of halogens is 4. The minimum absolute atomic E-state index is 0. The average Bonchev–Trinajstić information content (AvgIpc) is 2.93. The summed E-state index contributed by atoms with van der Waals surface area (Å²) in [4.78, 5) is 0. The predicted molar refractivity (Wildman–Crippen MR) is 80.6 cm³/mol. The topological polar surface area (TPSA) is 0 Å². The molecule has 0 aromatic heterocycles. The standard InChI is InChI=1S/2C5H4Cl2P.Fe/c2*6-8(7)5-3-1-2-4-5;/h2*1-4H;/q-5;-1;. The molecule has 0 N–H and O–H groups in total. The van der Waals surface area contributed by atoms with Crippen LogP contribution < -0.4 is 10.6 Å². The summed E-state index contributed by atoms with van der Waals surface area (Å²) in [6.45, 7) is -1.83. The van der Waals surface area contributed by atoms with Gasteiger partial charge in [-0.3, -0.25) is 0 Å². The van der Waals surface area contributed by atoms with Crippen molar-refractivity contribution in [1.29, 1.82) is 0 Å². The van der Waals surface area contributed by atoms with Gasteiger partial charge in [0.1, 0.15) is 0 Å². The SMILES string of the molecule is ClP(Cl)[c-]1[cH-][cH-][cH-][cH-]1.ClP(Cl)[c-]1cccc1.[Fe]. The van der Waals surface area contributed by atoms with Crippen molar-refractivity contribution in [2.75, 3.05) is 0 Å². The maximum Gasteiger partial charge on any atom is 0.0589 e. The summed E-state index contributed by atoms with van der Waals surface area (Å²) in [5, 5.41) is 2.06. The Morgan fingerprint density at radius 2 is 1.29 bits per heavy atom. The molecule has 0 heterocycles. The summed E-state index contributed by atoms with van der Waals surface area (Å²) in [5.41, 5.74) is 0. The number of hydrogen-bond acceptors (Lipinski definition) is 0. The Morgan fingerprint density at radius 1 is 0.824 bits per heavy atom. The van der Waals surface area contributed by atoms with Crippen LogP contribution in [0.3, 0.4) is 0 Å². The van der Waals surface area contributed by atoms with Gasteiger partial charge in [0.15, 0.2) is 0 Å². The molecule has 2 rings (SSSR count). The zero-order chi connectivity index (χ0) is 12.0. The molecule has 0 saturated heterocycles. The third-order valence-corrected chi connectivity index (χ3v) is 5.40. The van der Waals surface area contributed by atoms with Crippen molar-refractivity contribution in [3.8, 4) is 0 Å². The Kier molecular flexibility index (Phi) is 10.8. The molecule has 0 atom stereocenters. The van der Waals surface area contributed by atoms with Gasteiger partial charge in [0, 0.05) is 17.1 Å². The monoisotopic (exact) mass is 386 g/mol. The molecule has 0 bridgehead atoms. The summed E-state index contributed by atoms with van der Waals surface area (Å²) >= 11 is 22.3. The van der Waals surface area contributed by atoms with E-state index in [2.05, 4.69) is 0 Å². The number of hydrogen-bond donors (Lipinski definition) is 0. The molecule has 0 saturated carbocycles. The third kappa shape index (κ3) is 7.41. The van der Waals surface area contributed by atoms with Crippen molar-refractivity contribution >= 4 is 68.8 Å². The van der Waals surface area contributed by atoms with Gasteiger partial charge in [-0.05, 0) is 0 Å². The van der Waals surface area contributed by atoms with Gasteiger partial charge in [0.25, 0.3) is 0 Å². The first kappa shape index (κ1) is 18.2. The maximum absolute atomic E-state index is 5.57. The minimum Gasteiger partial charge on any atom is -0.747 e. The molecule has 0 nitrogen and oxygen atoms in total. The predicted octanol–water partition coefficient (Wildman–Crippen LogP) is 5.64. The van der Waals surface area contributed by atoms with Crippen molar-refractivity contribution in [2.45, 2.75) is 0 Å². The molecule has 0 aliphatic carbocycles. The van der Waals surface area contributed by atoms with Crippen molar-refractivity contribution in [3.63, 3.8) is 0 Å². The van der Waals surface area contributed by atoms with Gasteiger partial charge in [0.05, 0.1) is 6.63 Å². The van der Waals surface area contributed by atoms with Crippen LogP contribution in [0, 0.1) is 0 Å².